The maximum atomic E-state index is 12.2. The van der Waals surface area contributed by atoms with Crippen LogP contribution < -0.4 is 10.6 Å². The summed E-state index contributed by atoms with van der Waals surface area (Å²) in [5.74, 6) is -2.13. The summed E-state index contributed by atoms with van der Waals surface area (Å²) in [6.07, 6.45) is -0.474. The second-order valence-electron chi connectivity index (χ2n) is 7.07. The van der Waals surface area contributed by atoms with E-state index in [1.165, 1.54) is 0 Å². The number of sulfone groups is 1. The van der Waals surface area contributed by atoms with E-state index < -0.39 is 57.9 Å². The maximum absolute atomic E-state index is 12.2. The summed E-state index contributed by atoms with van der Waals surface area (Å²) in [5, 5.41) is 4.79. The molecular formula is C16H21N3O10S. The molecule has 3 heterocycles. The lowest BCUT2D eigenvalue weighted by Crippen LogP contribution is -2.39. The van der Waals surface area contributed by atoms with Gasteiger partial charge in [0.05, 0.1) is 23.1 Å². The zero-order chi connectivity index (χ0) is 21.9. The third kappa shape index (κ3) is 4.98. The van der Waals surface area contributed by atoms with E-state index >= 15 is 0 Å². The van der Waals surface area contributed by atoms with Gasteiger partial charge in [0.2, 0.25) is 6.79 Å². The molecule has 3 saturated heterocycles. The summed E-state index contributed by atoms with van der Waals surface area (Å²) in [6.45, 7) is -0.758. The van der Waals surface area contributed by atoms with Crippen LogP contribution in [0.4, 0.5) is 9.59 Å². The summed E-state index contributed by atoms with van der Waals surface area (Å²) in [7, 11) is -3.33. The quantitative estimate of drug-likeness (QED) is 0.156. The number of nitrogens with one attached hydrogen (secondary N) is 2. The average Bonchev–Trinajstić information content (AvgIpc) is 3.24. The number of ether oxygens (including phenoxy) is 2. The highest BCUT2D eigenvalue weighted by Crippen LogP contribution is 2.28. The lowest BCUT2D eigenvalue weighted by molar-refractivity contribution is -0.182. The molecule has 13 nitrogen and oxygen atoms in total. The minimum absolute atomic E-state index is 0.0347. The van der Waals surface area contributed by atoms with Crippen LogP contribution in [0.1, 0.15) is 38.5 Å². The van der Waals surface area contributed by atoms with Gasteiger partial charge in [-0.25, -0.2) is 18.0 Å². The minimum Gasteiger partial charge on any atom is -0.428 e. The number of imide groups is 1. The lowest BCUT2D eigenvalue weighted by Gasteiger charge is -2.16. The maximum Gasteiger partial charge on any atom is 0.536 e. The van der Waals surface area contributed by atoms with Crippen LogP contribution in [0.3, 0.4) is 0 Å². The summed E-state index contributed by atoms with van der Waals surface area (Å²) in [6, 6.07) is -1.28. The molecule has 3 aliphatic rings. The van der Waals surface area contributed by atoms with Gasteiger partial charge >= 0.3 is 18.2 Å². The van der Waals surface area contributed by atoms with Gasteiger partial charge in [-0.3, -0.25) is 19.2 Å². The van der Waals surface area contributed by atoms with E-state index in [9.17, 15) is 32.4 Å². The van der Waals surface area contributed by atoms with Crippen molar-refractivity contribution < 1.29 is 46.7 Å². The Bertz CT molecular complexity index is 841. The van der Waals surface area contributed by atoms with Crippen molar-refractivity contribution in [2.45, 2.75) is 55.9 Å². The molecule has 0 aromatic heterocycles. The van der Waals surface area contributed by atoms with Crippen molar-refractivity contribution in [3.63, 3.8) is 0 Å². The van der Waals surface area contributed by atoms with Gasteiger partial charge in [-0.05, 0) is 12.8 Å². The average molecular weight is 447 g/mol. The van der Waals surface area contributed by atoms with Crippen LogP contribution in [0.2, 0.25) is 0 Å². The highest BCUT2D eigenvalue weighted by molar-refractivity contribution is 7.92. The standard InChI is InChI=1S/C16H21N3O10S/c20-11-5-6-12(21)19(11)29-16(24)28-8-27-13(22)4-2-1-3-10-14-9(7-30(10,25)26)17-15(23)18-14/h9-10,14H,1-8H2,(H2,17,18,23)/t9?,10-,14?/m0/s1. The Morgan fingerprint density at radius 1 is 1.03 bits per heavy atom. The molecule has 166 valence electrons. The molecule has 0 radical (unpaired) electrons. The Morgan fingerprint density at radius 2 is 1.73 bits per heavy atom. The fraction of sp³-hybridized carbons (Fsp3) is 0.688. The third-order valence-electron chi connectivity index (χ3n) is 5.01. The van der Waals surface area contributed by atoms with Crippen molar-refractivity contribution >= 4 is 39.8 Å². The zero-order valence-electron chi connectivity index (χ0n) is 15.8. The van der Waals surface area contributed by atoms with Gasteiger partial charge < -0.3 is 20.1 Å². The number of hydrogen-bond donors (Lipinski definition) is 2. The van der Waals surface area contributed by atoms with Crippen molar-refractivity contribution in [3.05, 3.63) is 0 Å². The molecule has 0 spiro atoms. The molecule has 3 atom stereocenters. The first-order chi connectivity index (χ1) is 14.2. The zero-order valence-corrected chi connectivity index (χ0v) is 16.6. The molecule has 0 saturated carbocycles. The van der Waals surface area contributed by atoms with E-state index in [-0.39, 0.29) is 31.0 Å². The molecule has 3 fully saturated rings. The third-order valence-corrected chi connectivity index (χ3v) is 7.28. The molecule has 2 unspecified atom stereocenters. The van der Waals surface area contributed by atoms with Crippen LogP contribution in [0.15, 0.2) is 0 Å². The number of rotatable bonds is 8. The molecule has 0 aromatic carbocycles. The van der Waals surface area contributed by atoms with E-state index in [0.29, 0.717) is 24.3 Å². The van der Waals surface area contributed by atoms with Crippen molar-refractivity contribution in [2.24, 2.45) is 0 Å². The van der Waals surface area contributed by atoms with Crippen LogP contribution in [0.5, 0.6) is 0 Å². The monoisotopic (exact) mass is 447 g/mol. The summed E-state index contributed by atoms with van der Waals surface area (Å²) >= 11 is 0. The minimum atomic E-state index is -3.33. The normalized spacial score (nSPS) is 26.7. The smallest absolute Gasteiger partial charge is 0.428 e. The Kier molecular flexibility index (Phi) is 6.43. The number of carbonyl (C=O) groups is 5. The number of hydroxylamine groups is 2. The van der Waals surface area contributed by atoms with Crippen molar-refractivity contribution in [2.75, 3.05) is 12.5 Å². The number of nitrogens with zero attached hydrogens (tertiary/aromatic N) is 1. The first kappa shape index (κ1) is 21.8. The highest BCUT2D eigenvalue weighted by Gasteiger charge is 2.51. The first-order valence-corrected chi connectivity index (χ1v) is 11.0. The van der Waals surface area contributed by atoms with Crippen molar-refractivity contribution in [3.8, 4) is 0 Å². The molecule has 30 heavy (non-hydrogen) atoms. The highest BCUT2D eigenvalue weighted by atomic mass is 32.2. The van der Waals surface area contributed by atoms with Gasteiger partial charge in [-0.15, -0.1) is 0 Å². The van der Waals surface area contributed by atoms with E-state index in [0.717, 1.165) is 0 Å². The van der Waals surface area contributed by atoms with Crippen molar-refractivity contribution in [1.82, 2.24) is 15.7 Å². The van der Waals surface area contributed by atoms with Crippen molar-refractivity contribution in [1.29, 1.82) is 0 Å². The predicted molar refractivity (Wildman–Crippen MR) is 94.9 cm³/mol. The predicted octanol–water partition coefficient (Wildman–Crippen LogP) is -0.888. The number of carbonyl (C=O) groups excluding carboxylic acids is 5. The molecule has 0 aromatic rings. The first-order valence-electron chi connectivity index (χ1n) is 9.32. The Hall–Kier alpha value is -2.90. The van der Waals surface area contributed by atoms with Gasteiger partial charge in [-0.2, -0.15) is 0 Å². The van der Waals surface area contributed by atoms with Gasteiger partial charge in [0, 0.05) is 19.3 Å². The molecule has 2 N–H and O–H groups in total. The Labute approximate surface area is 171 Å². The SMILES string of the molecule is O=C1NC2CS(=O)(=O)[C@@H](CCCCC(=O)OCOC(=O)ON3C(=O)CCC3=O)C2N1. The van der Waals surface area contributed by atoms with E-state index in [4.69, 9.17) is 4.74 Å². The van der Waals surface area contributed by atoms with Gasteiger partial charge in [-0.1, -0.05) is 11.5 Å². The second kappa shape index (κ2) is 8.85. The Balaban J connectivity index is 1.30. The number of fused-ring (bicyclic) bond motifs is 1. The fourth-order valence-electron chi connectivity index (χ4n) is 3.59. The summed E-state index contributed by atoms with van der Waals surface area (Å²) in [4.78, 5) is 61.4. The molecule has 0 aliphatic carbocycles. The number of urea groups is 1. The van der Waals surface area contributed by atoms with Crippen LogP contribution in [-0.2, 0) is 38.5 Å². The van der Waals surface area contributed by atoms with Gasteiger partial charge in [0.15, 0.2) is 9.84 Å². The largest absolute Gasteiger partial charge is 0.536 e. The van der Waals surface area contributed by atoms with E-state index in [1.54, 1.807) is 0 Å². The van der Waals surface area contributed by atoms with Gasteiger partial charge in [0.1, 0.15) is 0 Å². The van der Waals surface area contributed by atoms with Gasteiger partial charge in [0.25, 0.3) is 11.8 Å². The Morgan fingerprint density at radius 3 is 2.43 bits per heavy atom. The topological polar surface area (TPSA) is 174 Å². The number of unbranched alkanes of at least 4 members (excludes halogenated alkanes) is 1. The van der Waals surface area contributed by atoms with Crippen LogP contribution in [0, 0.1) is 0 Å². The molecule has 3 rings (SSSR count). The van der Waals surface area contributed by atoms with Crippen LogP contribution >= 0.6 is 0 Å². The summed E-state index contributed by atoms with van der Waals surface area (Å²) < 4.78 is 33.5. The molecule has 14 heteroatoms. The molecule has 4 amide bonds. The molecule has 0 bridgehead atoms. The van der Waals surface area contributed by atoms with Crippen LogP contribution in [-0.4, -0.2) is 73.3 Å². The molecular weight excluding hydrogens is 426 g/mol. The molecule has 3 aliphatic heterocycles. The lowest BCUT2D eigenvalue weighted by atomic mass is 10.0. The summed E-state index contributed by atoms with van der Waals surface area (Å²) in [5.41, 5.74) is 0. The number of esters is 1. The number of hydrogen-bond acceptors (Lipinski definition) is 10. The van der Waals surface area contributed by atoms with Crippen LogP contribution in [0.25, 0.3) is 0 Å². The number of amides is 4. The van der Waals surface area contributed by atoms with E-state index in [1.807, 2.05) is 0 Å². The van der Waals surface area contributed by atoms with E-state index in [2.05, 4.69) is 20.2 Å². The fourth-order valence-corrected chi connectivity index (χ4v) is 5.86. The second-order valence-corrected chi connectivity index (χ2v) is 9.33.